The van der Waals surface area contributed by atoms with E-state index in [9.17, 15) is 157 Å². The molecule has 0 unspecified atom stereocenters. The summed E-state index contributed by atoms with van der Waals surface area (Å²) in [6.07, 6.45) is -91.4. The molecule has 0 spiro atoms. The van der Waals surface area contributed by atoms with Crippen LogP contribution < -0.4 is 21.3 Å². The molecule has 45 atom stereocenters. The van der Waals surface area contributed by atoms with E-state index in [0.29, 0.717) is 0 Å². The van der Waals surface area contributed by atoms with E-state index in [4.69, 9.17) is 80.5 Å². The fourth-order valence-corrected chi connectivity index (χ4v) is 15.3. The number of rotatable bonds is 32. The van der Waals surface area contributed by atoms with Crippen LogP contribution in [0.25, 0.3) is 0 Å². The average Bonchev–Trinajstić information content (AvgIpc) is 0.759. The number of hydrogen-bond donors (Lipinski definition) is 28. The molecule has 0 radical (unpaired) electrons. The van der Waals surface area contributed by atoms with E-state index in [-0.39, 0.29) is 0 Å². The van der Waals surface area contributed by atoms with Crippen molar-refractivity contribution in [3.8, 4) is 0 Å². The Morgan fingerprint density at radius 3 is 1.12 bits per heavy atom. The molecule has 0 aromatic heterocycles. The minimum atomic E-state index is -5.64. The minimum absolute atomic E-state index is 0.820. The highest BCUT2D eigenvalue weighted by molar-refractivity contribution is 7.81. The smallest absolute Gasteiger partial charge is 0.394 e. The third kappa shape index (κ3) is 23.5. The minimum Gasteiger partial charge on any atom is -0.394 e. The van der Waals surface area contributed by atoms with Crippen LogP contribution in [0.15, 0.2) is 0 Å². The van der Waals surface area contributed by atoms with Gasteiger partial charge in [0.1, 0.15) is 213 Å². The Labute approximate surface area is 673 Å². The summed E-state index contributed by atoms with van der Waals surface area (Å²) in [5.41, 5.74) is 0. The zero-order chi connectivity index (χ0) is 88.2. The monoisotopic (exact) mass is 1780 g/mol. The zero-order valence-corrected chi connectivity index (χ0v) is 64.8. The van der Waals surface area contributed by atoms with Crippen LogP contribution in [-0.2, 0) is 129 Å². The fourth-order valence-electron chi connectivity index (χ4n) is 14.7. The summed E-state index contributed by atoms with van der Waals surface area (Å²) in [6, 6.07) is -7.86. The van der Waals surface area contributed by atoms with E-state index in [1.54, 1.807) is 0 Å². The van der Waals surface area contributed by atoms with Gasteiger partial charge in [-0.2, -0.15) is 16.8 Å². The first-order valence-corrected chi connectivity index (χ1v) is 39.5. The third-order valence-corrected chi connectivity index (χ3v) is 21.6. The van der Waals surface area contributed by atoms with Crippen molar-refractivity contribution in [2.75, 3.05) is 52.9 Å². The van der Waals surface area contributed by atoms with Gasteiger partial charge < -0.3 is 214 Å². The summed E-state index contributed by atoms with van der Waals surface area (Å²) in [4.78, 5) is 51.4. The highest BCUT2D eigenvalue weighted by Crippen LogP contribution is 2.41. The lowest BCUT2D eigenvalue weighted by Crippen LogP contribution is -2.71. The van der Waals surface area contributed by atoms with Gasteiger partial charge in [0, 0.05) is 27.7 Å². The van der Waals surface area contributed by atoms with E-state index in [2.05, 4.69) is 29.6 Å². The topological polar surface area (TPSA) is 846 Å². The van der Waals surface area contributed by atoms with Gasteiger partial charge >= 0.3 is 20.8 Å². The molecular weight excluding hydrogens is 1680 g/mol. The Balaban J connectivity index is 1.12. The maximum atomic E-state index is 13.6. The number of aliphatic hydroxyl groups is 22. The first-order chi connectivity index (χ1) is 55.8. The first-order valence-electron chi connectivity index (χ1n) is 36.8. The lowest BCUT2D eigenvalue weighted by Gasteiger charge is -2.52. The van der Waals surface area contributed by atoms with Crippen LogP contribution in [0, 0.1) is 0 Å². The maximum absolute atomic E-state index is 13.6. The Bertz CT molecular complexity index is 3510. The van der Waals surface area contributed by atoms with Crippen molar-refractivity contribution in [3.05, 3.63) is 0 Å². The normalized spacial score (nSPS) is 47.0. The van der Waals surface area contributed by atoms with Crippen LogP contribution in [0.1, 0.15) is 34.6 Å². The average molecular weight is 1790 g/mol. The number of nitrogens with one attached hydrogen (secondary N) is 4. The summed E-state index contributed by atoms with van der Waals surface area (Å²) in [7, 11) is -11.0. The van der Waals surface area contributed by atoms with E-state index >= 15 is 0 Å². The predicted molar refractivity (Wildman–Crippen MR) is 363 cm³/mol. The van der Waals surface area contributed by atoms with Crippen molar-refractivity contribution in [3.63, 3.8) is 0 Å². The van der Waals surface area contributed by atoms with Gasteiger partial charge in [-0.3, -0.25) is 28.3 Å². The molecule has 28 N–H and O–H groups in total. The molecule has 690 valence electrons. The molecular formula is C62H104N4O51S2. The maximum Gasteiger partial charge on any atom is 0.397 e. The SMILES string of the molecule is CC(=O)N[C@@H]1[C@@H](O)[C@H](O[C@@H]2O[C@H](CO)[C@@H](O[C@@H]3O[C@H](CO[C@H]4O[C@H](CO)[C@@H](O)[C@H](O)[C@@H]4O[C@@H]4O[C@H](COS(=O)(=O)O)[C@@H](O)[C@H](O)[C@H]4NC(C)=O)[C@@H](O)[C@H](O[C@H]4O[C@H](CO)[C@@H](O)[C@H](O)[C@@H]4O[C@@H]4O[C@H](COS(=O)(=O)O)[C@@H](O[C@@H]5O[C@H](CO)[C@H](O)[C@H](O)[C@H]5O)[C@H](O[C@@H]5O[C@@H](C)[C@@H](O)[C@@H](O)[C@@H]5O)[C@H]4NC(C)=O)[C@@H]3O)[C@H](O)[C@H]2NC(C)=O)[C@@H](CO)O[C@H]1O. The highest BCUT2D eigenvalue weighted by Gasteiger charge is 2.62. The Hall–Kier alpha value is -3.94. The summed E-state index contributed by atoms with van der Waals surface area (Å²) >= 11 is 0. The van der Waals surface area contributed by atoms with Crippen molar-refractivity contribution in [1.82, 2.24) is 21.3 Å². The van der Waals surface area contributed by atoms with Crippen LogP contribution in [0.2, 0.25) is 0 Å². The van der Waals surface area contributed by atoms with Crippen molar-refractivity contribution in [2.24, 2.45) is 0 Å². The second-order valence-corrected chi connectivity index (χ2v) is 31.4. The zero-order valence-electron chi connectivity index (χ0n) is 63.2. The van der Waals surface area contributed by atoms with Gasteiger partial charge in [0.2, 0.25) is 23.6 Å². The van der Waals surface area contributed by atoms with Gasteiger partial charge in [0.25, 0.3) is 0 Å². The standard InChI is InChI=1S/C62H104N4O51S2/c1-14-31(76)40(85)44(89)58(102-14)114-50-30(66-18(5)75)57(110-26(13-101-119(96,97)98)49(50)113-59-45(90)41(86)32(77)19(6-67)104-59)117-53-43(88)34(79)21(8-69)106-62(53)115-51-36(81)24(11-99-61-52(42(87)33(78)20(7-68)105-61)116-55-28(64-16(3)73)37(82)35(80)25(108-55)12-100-118(93,94)95)109-60(46(51)91)112-48-23(10-71)107-56(29(39(48)84)65-17(4)74)111-47-22(9-70)103-54(92)27(38(47)83)63-15(2)72/h14,19-62,67-71,76-92H,6-13H2,1-5H3,(H,63,72)(H,64,73)(H,65,74)(H,66,75)(H,93,94,95)(H,96,97,98)/t14-,19+,20+,21+,22+,23+,24+,25+,26+,27+,28+,29+,30+,31+,32-,33+,34+,35+,36+,37+,38+,39+,40+,41-,42-,43-,44-,45+,46-,47+,48+,49+,50+,51-,52-,53-,54+,55-,56-,57-,58-,59-,60-,61-,62+/m0/s1. The number of carbonyl (C=O) groups is 4. The van der Waals surface area contributed by atoms with Gasteiger partial charge in [0.15, 0.2) is 56.6 Å². The Morgan fingerprint density at radius 2 is 0.605 bits per heavy atom. The molecule has 9 aliphatic heterocycles. The van der Waals surface area contributed by atoms with Gasteiger partial charge in [-0.25, -0.2) is 8.37 Å². The molecule has 0 aromatic rings. The van der Waals surface area contributed by atoms with E-state index < -0.39 is 373 Å². The second kappa shape index (κ2) is 42.1. The molecule has 9 heterocycles. The fraction of sp³-hybridized carbons (Fsp3) is 0.935. The molecule has 0 saturated carbocycles. The Morgan fingerprint density at radius 1 is 0.277 bits per heavy atom. The van der Waals surface area contributed by atoms with Gasteiger partial charge in [-0.05, 0) is 6.92 Å². The van der Waals surface area contributed by atoms with Crippen LogP contribution >= 0.6 is 0 Å². The van der Waals surface area contributed by atoms with E-state index in [1.807, 2.05) is 0 Å². The summed E-state index contributed by atoms with van der Waals surface area (Å²) in [5, 5.41) is 257. The first kappa shape index (κ1) is 98.8. The van der Waals surface area contributed by atoms with Crippen molar-refractivity contribution >= 4 is 44.4 Å². The number of amides is 4. The molecule has 0 bridgehead atoms. The number of hydrogen-bond acceptors (Lipinski definition) is 49. The highest BCUT2D eigenvalue weighted by atomic mass is 32.3. The van der Waals surface area contributed by atoms with Crippen molar-refractivity contribution in [2.45, 2.75) is 311 Å². The van der Waals surface area contributed by atoms with Gasteiger partial charge in [-0.15, -0.1) is 0 Å². The molecule has 0 aliphatic carbocycles. The second-order valence-electron chi connectivity index (χ2n) is 29.2. The molecule has 0 aromatic carbocycles. The third-order valence-electron chi connectivity index (χ3n) is 20.7. The molecule has 55 nitrogen and oxygen atoms in total. The molecule has 4 amide bonds. The van der Waals surface area contributed by atoms with Crippen molar-refractivity contribution < 1.29 is 246 Å². The molecule has 9 fully saturated rings. The Kier molecular flexibility index (Phi) is 35.0. The lowest BCUT2D eigenvalue weighted by atomic mass is 9.93. The van der Waals surface area contributed by atoms with Crippen molar-refractivity contribution in [1.29, 1.82) is 0 Å². The molecule has 9 aliphatic rings. The van der Waals surface area contributed by atoms with Crippen LogP contribution in [0.3, 0.4) is 0 Å². The molecule has 9 saturated heterocycles. The summed E-state index contributed by atoms with van der Waals surface area (Å²) < 4.78 is 178. The predicted octanol–water partition coefficient (Wildman–Crippen LogP) is -19.4. The van der Waals surface area contributed by atoms with Gasteiger partial charge in [0.05, 0.1) is 59.0 Å². The van der Waals surface area contributed by atoms with E-state index in [1.165, 1.54) is 0 Å². The number of carbonyl (C=O) groups excluding carboxylic acids is 4. The van der Waals surface area contributed by atoms with Crippen LogP contribution in [0.4, 0.5) is 0 Å². The summed E-state index contributed by atoms with van der Waals surface area (Å²) in [6.45, 7) is -5.22. The number of ether oxygens (including phenoxy) is 17. The van der Waals surface area contributed by atoms with E-state index in [0.717, 1.165) is 34.6 Å². The van der Waals surface area contributed by atoms with Crippen LogP contribution in [-0.4, -0.2) is 491 Å². The largest absolute Gasteiger partial charge is 0.397 e. The number of aliphatic hydroxyl groups excluding tert-OH is 22. The molecule has 9 rings (SSSR count). The summed E-state index contributed by atoms with van der Waals surface area (Å²) in [5.74, 6) is -3.91. The van der Waals surface area contributed by atoms with Gasteiger partial charge in [-0.1, -0.05) is 0 Å². The lowest BCUT2D eigenvalue weighted by molar-refractivity contribution is -0.403. The molecule has 119 heavy (non-hydrogen) atoms. The quantitative estimate of drug-likeness (QED) is 0.0278. The molecule has 57 heteroatoms. The van der Waals surface area contributed by atoms with Crippen LogP contribution in [0.5, 0.6) is 0 Å².